The van der Waals surface area contributed by atoms with Crippen LogP contribution in [-0.4, -0.2) is 19.7 Å². The third-order valence-electron chi connectivity index (χ3n) is 7.85. The molecule has 0 aliphatic heterocycles. The van der Waals surface area contributed by atoms with Gasteiger partial charge in [0.05, 0.1) is 11.4 Å². The highest BCUT2D eigenvalue weighted by atomic mass is 16.5. The number of ether oxygens (including phenoxy) is 1. The molecule has 0 unspecified atom stereocenters. The van der Waals surface area contributed by atoms with E-state index in [9.17, 15) is 0 Å². The zero-order valence-electron chi connectivity index (χ0n) is 24.7. The molecule has 0 saturated heterocycles. The van der Waals surface area contributed by atoms with Gasteiger partial charge in [-0.1, -0.05) is 94.4 Å². The Labute approximate surface area is 250 Å². The smallest absolute Gasteiger partial charge is 0.219 e. The van der Waals surface area contributed by atoms with Crippen molar-refractivity contribution in [2.24, 2.45) is 0 Å². The van der Waals surface area contributed by atoms with Gasteiger partial charge in [-0.05, 0) is 53.3 Å². The number of hydrogen-bond donors (Lipinski definition) is 0. The van der Waals surface area contributed by atoms with Crippen LogP contribution in [0.3, 0.4) is 0 Å². The fourth-order valence-electron chi connectivity index (χ4n) is 5.78. The van der Waals surface area contributed by atoms with Crippen molar-refractivity contribution in [3.05, 3.63) is 121 Å². The minimum atomic E-state index is 0.349. The largest absolute Gasteiger partial charge is 0.455 e. The molecule has 0 aliphatic rings. The van der Waals surface area contributed by atoms with Crippen LogP contribution in [0.2, 0.25) is 0 Å². The first-order chi connectivity index (χ1) is 21.0. The summed E-state index contributed by atoms with van der Waals surface area (Å²) in [4.78, 5) is 4.86. The van der Waals surface area contributed by atoms with E-state index in [4.69, 9.17) is 14.1 Å². The second kappa shape index (κ2) is 10.9. The molecule has 43 heavy (non-hydrogen) atoms. The zero-order valence-corrected chi connectivity index (χ0v) is 24.7. The number of hydrogen-bond acceptors (Lipinski definition) is 5. The first kappa shape index (κ1) is 26.7. The molecule has 0 amide bonds. The van der Waals surface area contributed by atoms with Crippen molar-refractivity contribution in [2.75, 3.05) is 0 Å². The van der Waals surface area contributed by atoms with E-state index in [1.165, 1.54) is 11.1 Å². The molecule has 212 valence electrons. The Morgan fingerprint density at radius 3 is 2.26 bits per heavy atom. The number of para-hydroxylation sites is 3. The van der Waals surface area contributed by atoms with E-state index in [1.54, 1.807) is 6.33 Å². The highest BCUT2D eigenvalue weighted by Gasteiger charge is 2.20. The molecule has 7 aromatic rings. The van der Waals surface area contributed by atoms with E-state index in [0.29, 0.717) is 23.5 Å². The highest BCUT2D eigenvalue weighted by Crippen LogP contribution is 2.37. The number of benzene rings is 4. The molecule has 3 aromatic heterocycles. The molecule has 0 spiro atoms. The maximum absolute atomic E-state index is 6.32. The number of furan rings is 1. The minimum Gasteiger partial charge on any atom is -0.455 e. The molecule has 0 bridgehead atoms. The average Bonchev–Trinajstić information content (AvgIpc) is 3.66. The molecule has 6 nitrogen and oxygen atoms in total. The normalized spacial score (nSPS) is 11.7. The molecule has 3 heterocycles. The van der Waals surface area contributed by atoms with Crippen LogP contribution in [-0.2, 0) is 0 Å². The van der Waals surface area contributed by atoms with Gasteiger partial charge in [0.15, 0.2) is 5.82 Å². The molecule has 0 aliphatic carbocycles. The van der Waals surface area contributed by atoms with Crippen LogP contribution in [0.5, 0.6) is 11.6 Å². The van der Waals surface area contributed by atoms with Crippen molar-refractivity contribution < 1.29 is 9.15 Å². The van der Waals surface area contributed by atoms with Crippen LogP contribution in [0.15, 0.2) is 114 Å². The van der Waals surface area contributed by atoms with Crippen molar-refractivity contribution >= 4 is 21.9 Å². The molecule has 0 saturated carbocycles. The van der Waals surface area contributed by atoms with Gasteiger partial charge in [0.25, 0.3) is 0 Å². The lowest BCUT2D eigenvalue weighted by Crippen LogP contribution is -2.07. The highest BCUT2D eigenvalue weighted by molar-refractivity contribution is 6.09. The molecule has 0 atom stereocenters. The zero-order chi connectivity index (χ0) is 29.5. The monoisotopic (exact) mass is 564 g/mol. The second-order valence-electron chi connectivity index (χ2n) is 11.4. The number of rotatable bonds is 7. The van der Waals surface area contributed by atoms with Gasteiger partial charge in [-0.15, -0.1) is 10.2 Å². The quantitative estimate of drug-likeness (QED) is 0.193. The van der Waals surface area contributed by atoms with E-state index in [1.807, 2.05) is 72.8 Å². The lowest BCUT2D eigenvalue weighted by Gasteiger charge is -2.21. The maximum atomic E-state index is 6.32. The predicted molar refractivity (Wildman–Crippen MR) is 172 cm³/mol. The molecular weight excluding hydrogens is 532 g/mol. The summed E-state index contributed by atoms with van der Waals surface area (Å²) < 4.78 is 14.7. The number of pyridine rings is 1. The Morgan fingerprint density at radius 1 is 0.721 bits per heavy atom. The van der Waals surface area contributed by atoms with Gasteiger partial charge in [-0.25, -0.2) is 4.98 Å². The number of fused-ring (bicyclic) bond motifs is 3. The van der Waals surface area contributed by atoms with Crippen LogP contribution < -0.4 is 4.74 Å². The fraction of sp³-hybridized carbons (Fsp3) is 0.162. The van der Waals surface area contributed by atoms with Gasteiger partial charge < -0.3 is 9.15 Å². The van der Waals surface area contributed by atoms with Crippen LogP contribution in [0.25, 0.3) is 50.3 Å². The van der Waals surface area contributed by atoms with E-state index >= 15 is 0 Å². The van der Waals surface area contributed by atoms with Crippen molar-refractivity contribution in [1.82, 2.24) is 19.7 Å². The Hall–Kier alpha value is -5.23. The Kier molecular flexibility index (Phi) is 6.74. The average molecular weight is 565 g/mol. The van der Waals surface area contributed by atoms with Crippen LogP contribution in [0, 0.1) is 0 Å². The van der Waals surface area contributed by atoms with Gasteiger partial charge in [0.1, 0.15) is 23.2 Å². The van der Waals surface area contributed by atoms with Crippen molar-refractivity contribution in [3.8, 4) is 40.0 Å². The summed E-state index contributed by atoms with van der Waals surface area (Å²) in [6.45, 7) is 8.88. The van der Waals surface area contributed by atoms with Gasteiger partial charge in [0, 0.05) is 28.0 Å². The number of nitrogens with zero attached hydrogens (tertiary/aromatic N) is 4. The second-order valence-corrected chi connectivity index (χ2v) is 11.4. The predicted octanol–water partition coefficient (Wildman–Crippen LogP) is 9.93. The van der Waals surface area contributed by atoms with Crippen molar-refractivity contribution in [3.63, 3.8) is 0 Å². The maximum Gasteiger partial charge on any atom is 0.219 e. The van der Waals surface area contributed by atoms with Crippen LogP contribution in [0.1, 0.15) is 50.7 Å². The summed E-state index contributed by atoms with van der Waals surface area (Å²) in [7, 11) is 0. The van der Waals surface area contributed by atoms with E-state index in [-0.39, 0.29) is 0 Å². The Morgan fingerprint density at radius 2 is 1.44 bits per heavy atom. The third-order valence-corrected chi connectivity index (χ3v) is 7.85. The molecule has 4 aromatic carbocycles. The summed E-state index contributed by atoms with van der Waals surface area (Å²) in [6.07, 6.45) is 1.81. The lowest BCUT2D eigenvalue weighted by atomic mass is 9.92. The molecule has 0 radical (unpaired) electrons. The summed E-state index contributed by atoms with van der Waals surface area (Å²) in [5.74, 6) is 2.62. The van der Waals surface area contributed by atoms with Gasteiger partial charge in [-0.3, -0.25) is 4.57 Å². The lowest BCUT2D eigenvalue weighted by molar-refractivity contribution is 0.464. The van der Waals surface area contributed by atoms with Gasteiger partial charge in [-0.2, -0.15) is 0 Å². The first-order valence-corrected chi connectivity index (χ1v) is 14.7. The van der Waals surface area contributed by atoms with Gasteiger partial charge in [0.2, 0.25) is 5.88 Å². The minimum absolute atomic E-state index is 0.349. The topological polar surface area (TPSA) is 66.0 Å². The third kappa shape index (κ3) is 4.85. The fourth-order valence-corrected chi connectivity index (χ4v) is 5.78. The first-order valence-electron chi connectivity index (χ1n) is 14.7. The van der Waals surface area contributed by atoms with E-state index < -0.39 is 0 Å². The van der Waals surface area contributed by atoms with E-state index in [2.05, 4.69) is 72.8 Å². The molecular formula is C37H32N4O2. The Bertz CT molecular complexity index is 2060. The molecule has 0 N–H and O–H groups in total. The SMILES string of the molecule is CC(C)c1cccc(C(C)C)c1-n1cnnc1-c1cccc(Oc2cccc(-c3cccc4c3oc3ccccc34)n2)c1. The molecule has 6 heteroatoms. The summed E-state index contributed by atoms with van der Waals surface area (Å²) in [6, 6.07) is 34.5. The van der Waals surface area contributed by atoms with Crippen LogP contribution >= 0.6 is 0 Å². The van der Waals surface area contributed by atoms with Crippen molar-refractivity contribution in [1.29, 1.82) is 0 Å². The van der Waals surface area contributed by atoms with Crippen molar-refractivity contribution in [2.45, 2.75) is 39.5 Å². The molecule has 7 rings (SSSR count). The van der Waals surface area contributed by atoms with Gasteiger partial charge >= 0.3 is 0 Å². The number of aromatic nitrogens is 4. The molecule has 0 fully saturated rings. The standard InChI is InChI=1S/C37H32N4O2/c1-23(2)27-14-8-15-28(24(3)4)35(27)41-22-38-40-37(41)25-11-7-12-26(21-25)42-34-20-10-18-32(39-34)31-17-9-16-30-29-13-5-6-19-33(29)43-36(30)31/h5-24H,1-4H3. The van der Waals surface area contributed by atoms with E-state index in [0.717, 1.165) is 50.3 Å². The van der Waals surface area contributed by atoms with Crippen LogP contribution in [0.4, 0.5) is 0 Å². The summed E-state index contributed by atoms with van der Waals surface area (Å²) in [5.41, 5.74) is 7.96. The Balaban J connectivity index is 1.24. The summed E-state index contributed by atoms with van der Waals surface area (Å²) in [5, 5.41) is 11.0. The summed E-state index contributed by atoms with van der Waals surface area (Å²) >= 11 is 0.